The van der Waals surface area contributed by atoms with Crippen molar-refractivity contribution in [2.45, 2.75) is 51.4 Å². The maximum Gasteiger partial charge on any atom is 0.254 e. The standard InChI is InChI=1S/C22H34FN3O3/c1-3-24(4-2)12-11-19-9-10-20(27)21(29-19)22(28)26-15-13-25(14-16-26)18-7-5-17(23)6-8-18/h5-8,19-21,27H,3-4,9-16H2,1-2H3/t19-,20-,21-/m0/s1. The van der Waals surface area contributed by atoms with Crippen molar-refractivity contribution in [1.82, 2.24) is 9.80 Å². The summed E-state index contributed by atoms with van der Waals surface area (Å²) in [6, 6.07) is 6.44. The van der Waals surface area contributed by atoms with Crippen LogP contribution in [0.15, 0.2) is 24.3 Å². The predicted molar refractivity (Wildman–Crippen MR) is 111 cm³/mol. The predicted octanol–water partition coefficient (Wildman–Crippen LogP) is 2.11. The Morgan fingerprint density at radius 3 is 2.41 bits per heavy atom. The van der Waals surface area contributed by atoms with Gasteiger partial charge in [-0.3, -0.25) is 4.79 Å². The molecule has 1 aromatic rings. The summed E-state index contributed by atoms with van der Waals surface area (Å²) in [7, 11) is 0. The van der Waals surface area contributed by atoms with Gasteiger partial charge in [0, 0.05) is 38.4 Å². The summed E-state index contributed by atoms with van der Waals surface area (Å²) in [5.41, 5.74) is 0.962. The second kappa shape index (κ2) is 10.4. The fourth-order valence-corrected chi connectivity index (χ4v) is 4.19. The molecule has 2 aliphatic rings. The van der Waals surface area contributed by atoms with Crippen molar-refractivity contribution >= 4 is 11.6 Å². The maximum atomic E-state index is 13.1. The Morgan fingerprint density at radius 2 is 1.79 bits per heavy atom. The van der Waals surface area contributed by atoms with Crippen molar-refractivity contribution in [3.63, 3.8) is 0 Å². The summed E-state index contributed by atoms with van der Waals surface area (Å²) in [6.45, 7) is 9.78. The van der Waals surface area contributed by atoms with Gasteiger partial charge in [0.1, 0.15) is 5.82 Å². The highest BCUT2D eigenvalue weighted by Crippen LogP contribution is 2.25. The summed E-state index contributed by atoms with van der Waals surface area (Å²) in [6.07, 6.45) is 0.814. The van der Waals surface area contributed by atoms with E-state index in [4.69, 9.17) is 4.74 Å². The first-order valence-electron chi connectivity index (χ1n) is 10.9. The Kier molecular flexibility index (Phi) is 7.86. The van der Waals surface area contributed by atoms with Crippen molar-refractivity contribution in [1.29, 1.82) is 0 Å². The Labute approximate surface area is 173 Å². The number of carbonyl (C=O) groups excluding carboxylic acids is 1. The largest absolute Gasteiger partial charge is 0.390 e. The molecule has 3 rings (SSSR count). The van der Waals surface area contributed by atoms with Gasteiger partial charge in [-0.1, -0.05) is 13.8 Å². The van der Waals surface area contributed by atoms with E-state index in [2.05, 4.69) is 23.6 Å². The molecule has 1 amide bonds. The molecule has 29 heavy (non-hydrogen) atoms. The highest BCUT2D eigenvalue weighted by molar-refractivity contribution is 5.82. The van der Waals surface area contributed by atoms with E-state index in [1.54, 1.807) is 17.0 Å². The van der Waals surface area contributed by atoms with E-state index in [1.807, 2.05) is 0 Å². The van der Waals surface area contributed by atoms with Gasteiger partial charge < -0.3 is 24.5 Å². The van der Waals surface area contributed by atoms with Crippen LogP contribution in [0.1, 0.15) is 33.1 Å². The van der Waals surface area contributed by atoms with Gasteiger partial charge in [-0.05, 0) is 56.6 Å². The smallest absolute Gasteiger partial charge is 0.254 e. The highest BCUT2D eigenvalue weighted by atomic mass is 19.1. The summed E-state index contributed by atoms with van der Waals surface area (Å²) in [4.78, 5) is 19.3. The average Bonchev–Trinajstić information content (AvgIpc) is 2.75. The zero-order valence-corrected chi connectivity index (χ0v) is 17.6. The van der Waals surface area contributed by atoms with Crippen LogP contribution in [0.3, 0.4) is 0 Å². The van der Waals surface area contributed by atoms with E-state index in [9.17, 15) is 14.3 Å². The van der Waals surface area contributed by atoms with Crippen molar-refractivity contribution in [3.05, 3.63) is 30.1 Å². The second-order valence-corrected chi connectivity index (χ2v) is 7.93. The lowest BCUT2D eigenvalue weighted by Gasteiger charge is -2.40. The number of ether oxygens (including phenoxy) is 1. The van der Waals surface area contributed by atoms with Crippen molar-refractivity contribution < 1.29 is 19.0 Å². The van der Waals surface area contributed by atoms with Gasteiger partial charge in [0.05, 0.1) is 12.2 Å². The molecule has 0 unspecified atom stereocenters. The van der Waals surface area contributed by atoms with Crippen LogP contribution in [-0.4, -0.2) is 84.9 Å². The number of hydrogen-bond donors (Lipinski definition) is 1. The number of aliphatic hydroxyl groups excluding tert-OH is 1. The maximum absolute atomic E-state index is 13.1. The van der Waals surface area contributed by atoms with Crippen molar-refractivity contribution in [3.8, 4) is 0 Å². The van der Waals surface area contributed by atoms with Crippen molar-refractivity contribution in [2.75, 3.05) is 50.7 Å². The third kappa shape index (κ3) is 5.68. The molecule has 1 aromatic carbocycles. The van der Waals surface area contributed by atoms with Crippen LogP contribution in [0.5, 0.6) is 0 Å². The first kappa shape index (κ1) is 22.0. The average molecular weight is 408 g/mol. The lowest BCUT2D eigenvalue weighted by molar-refractivity contribution is -0.168. The molecule has 0 bridgehead atoms. The molecule has 7 heteroatoms. The monoisotopic (exact) mass is 407 g/mol. The molecule has 0 radical (unpaired) electrons. The van der Waals surface area contributed by atoms with Gasteiger partial charge >= 0.3 is 0 Å². The molecule has 0 saturated carbocycles. The number of hydrogen-bond acceptors (Lipinski definition) is 5. The Morgan fingerprint density at radius 1 is 1.14 bits per heavy atom. The van der Waals surface area contributed by atoms with Gasteiger partial charge in [-0.25, -0.2) is 4.39 Å². The van der Waals surface area contributed by atoms with Gasteiger partial charge in [0.2, 0.25) is 0 Å². The van der Waals surface area contributed by atoms with Crippen LogP contribution in [0.25, 0.3) is 0 Å². The first-order valence-corrected chi connectivity index (χ1v) is 10.9. The van der Waals surface area contributed by atoms with Crippen LogP contribution in [0, 0.1) is 5.82 Å². The molecule has 162 valence electrons. The molecule has 2 aliphatic heterocycles. The highest BCUT2D eigenvalue weighted by Gasteiger charge is 2.38. The number of amides is 1. The molecule has 2 saturated heterocycles. The molecule has 0 spiro atoms. The number of benzene rings is 1. The lowest BCUT2D eigenvalue weighted by Crippen LogP contribution is -2.56. The zero-order valence-electron chi connectivity index (χ0n) is 17.6. The molecule has 0 aliphatic carbocycles. The molecule has 2 heterocycles. The van der Waals surface area contributed by atoms with E-state index in [0.29, 0.717) is 32.6 Å². The molecule has 2 fully saturated rings. The quantitative estimate of drug-likeness (QED) is 0.750. The first-order chi connectivity index (χ1) is 14.0. The topological polar surface area (TPSA) is 56.2 Å². The Balaban J connectivity index is 1.51. The van der Waals surface area contributed by atoms with E-state index in [0.717, 1.165) is 38.2 Å². The van der Waals surface area contributed by atoms with Crippen LogP contribution >= 0.6 is 0 Å². The SMILES string of the molecule is CCN(CC)CC[C@@H]1CC[C@H](O)[C@@H](C(=O)N2CCN(c3ccc(F)cc3)CC2)O1. The molecular formula is C22H34FN3O3. The summed E-state index contributed by atoms with van der Waals surface area (Å²) in [5, 5.41) is 10.4. The van der Waals surface area contributed by atoms with Gasteiger partial charge in [-0.15, -0.1) is 0 Å². The summed E-state index contributed by atoms with van der Waals surface area (Å²) < 4.78 is 19.2. The van der Waals surface area contributed by atoms with E-state index < -0.39 is 12.2 Å². The molecule has 1 N–H and O–H groups in total. The van der Waals surface area contributed by atoms with E-state index in [-0.39, 0.29) is 17.8 Å². The van der Waals surface area contributed by atoms with Crippen LogP contribution in [-0.2, 0) is 9.53 Å². The number of carbonyl (C=O) groups is 1. The minimum atomic E-state index is -0.761. The van der Waals surface area contributed by atoms with Crippen LogP contribution in [0.4, 0.5) is 10.1 Å². The number of aliphatic hydroxyl groups is 1. The van der Waals surface area contributed by atoms with Gasteiger partial charge in [-0.2, -0.15) is 0 Å². The number of halogens is 1. The van der Waals surface area contributed by atoms with Crippen LogP contribution in [0.2, 0.25) is 0 Å². The minimum absolute atomic E-state index is 0.0217. The number of rotatable bonds is 7. The third-order valence-electron chi connectivity index (χ3n) is 6.16. The fraction of sp³-hybridized carbons (Fsp3) is 0.682. The van der Waals surface area contributed by atoms with Crippen molar-refractivity contribution in [2.24, 2.45) is 0 Å². The fourth-order valence-electron chi connectivity index (χ4n) is 4.19. The van der Waals surface area contributed by atoms with Gasteiger partial charge in [0.15, 0.2) is 6.10 Å². The Hall–Kier alpha value is -1.70. The number of anilines is 1. The second-order valence-electron chi connectivity index (χ2n) is 7.93. The molecular weight excluding hydrogens is 373 g/mol. The number of piperazine rings is 1. The van der Waals surface area contributed by atoms with Gasteiger partial charge in [0.25, 0.3) is 5.91 Å². The summed E-state index contributed by atoms with van der Waals surface area (Å²) >= 11 is 0. The molecule has 0 aromatic heterocycles. The third-order valence-corrected chi connectivity index (χ3v) is 6.16. The normalized spacial score (nSPS) is 25.5. The lowest BCUT2D eigenvalue weighted by atomic mass is 9.98. The zero-order chi connectivity index (χ0) is 20.8. The molecule has 3 atom stereocenters. The van der Waals surface area contributed by atoms with Crippen LogP contribution < -0.4 is 4.90 Å². The molecule has 6 nitrogen and oxygen atoms in total. The number of nitrogens with zero attached hydrogens (tertiary/aromatic N) is 3. The minimum Gasteiger partial charge on any atom is -0.390 e. The van der Waals surface area contributed by atoms with E-state index >= 15 is 0 Å². The van der Waals surface area contributed by atoms with E-state index in [1.165, 1.54) is 12.1 Å². The Bertz CT molecular complexity index is 645. The summed E-state index contributed by atoms with van der Waals surface area (Å²) in [5.74, 6) is -0.356.